The Morgan fingerprint density at radius 1 is 0.741 bits per heavy atom. The fourth-order valence-electron chi connectivity index (χ4n) is 5.98. The average Bonchev–Trinajstić information content (AvgIpc) is 3.77. The zero-order valence-corrected chi connectivity index (χ0v) is 28.9. The lowest BCUT2D eigenvalue weighted by Gasteiger charge is -2.10. The largest absolute Gasteiger partial charge is 0.494 e. The highest BCUT2D eigenvalue weighted by molar-refractivity contribution is 7.86. The average molecular weight is 745 g/mol. The van der Waals surface area contributed by atoms with Crippen molar-refractivity contribution in [3.8, 4) is 17.1 Å². The van der Waals surface area contributed by atoms with Crippen LogP contribution in [0.15, 0.2) is 118 Å². The summed E-state index contributed by atoms with van der Waals surface area (Å²) in [6.45, 7) is 1.94. The molecule has 6 aromatic rings. The van der Waals surface area contributed by atoms with Crippen molar-refractivity contribution in [2.24, 2.45) is 4.99 Å². The Labute approximate surface area is 306 Å². The topological polar surface area (TPSA) is 240 Å². The van der Waals surface area contributed by atoms with E-state index in [4.69, 9.17) is 0 Å². The van der Waals surface area contributed by atoms with E-state index in [-0.39, 0.29) is 53.0 Å². The lowest BCUT2D eigenvalue weighted by molar-refractivity contribution is 0.0662. The third-order valence-electron chi connectivity index (χ3n) is 8.37. The van der Waals surface area contributed by atoms with Crippen LogP contribution < -0.4 is 16.3 Å². The fourth-order valence-corrected chi connectivity index (χ4v) is 6.63. The molecule has 0 radical (unpaired) electrons. The number of anilines is 4. The molecule has 16 nitrogen and oxygen atoms in total. The number of hydrogen-bond acceptors (Lipinski definition) is 11. The second-order valence-electron chi connectivity index (χ2n) is 11.8. The Bertz CT molecular complexity index is 2680. The molecule has 0 bridgehead atoms. The Hall–Kier alpha value is -7.24. The first kappa shape index (κ1) is 35.2. The van der Waals surface area contributed by atoms with E-state index in [2.05, 4.69) is 35.6 Å². The van der Waals surface area contributed by atoms with Crippen LogP contribution in [0.2, 0.25) is 0 Å². The number of imide groups is 1. The van der Waals surface area contributed by atoms with Crippen LogP contribution in [0.4, 0.5) is 23.3 Å². The molecular formula is C37H28N8O8S. The number of amides is 3. The summed E-state index contributed by atoms with van der Waals surface area (Å²) in [6, 6.07) is 28.8. The predicted octanol–water partition coefficient (Wildman–Crippen LogP) is 4.89. The van der Waals surface area contributed by atoms with Crippen LogP contribution in [0.1, 0.15) is 49.1 Å². The highest BCUT2D eigenvalue weighted by Gasteiger charge is 2.35. The quantitative estimate of drug-likeness (QED) is 0.0902. The summed E-state index contributed by atoms with van der Waals surface area (Å²) in [7, 11) is -4.53. The molecule has 0 aliphatic carbocycles. The minimum Gasteiger partial charge on any atom is -0.494 e. The van der Waals surface area contributed by atoms with Crippen molar-refractivity contribution in [1.82, 2.24) is 24.8 Å². The Kier molecular flexibility index (Phi) is 9.16. The molecule has 6 N–H and O–H groups in total. The van der Waals surface area contributed by atoms with Crippen molar-refractivity contribution in [2.45, 2.75) is 11.8 Å². The van der Waals surface area contributed by atoms with Crippen LogP contribution in [-0.4, -0.2) is 72.9 Å². The highest BCUT2D eigenvalue weighted by atomic mass is 32.2. The number of benzene rings is 4. The third kappa shape index (κ3) is 6.74. The molecule has 270 valence electrons. The third-order valence-corrected chi connectivity index (χ3v) is 9.28. The van der Waals surface area contributed by atoms with Gasteiger partial charge in [-0.2, -0.15) is 18.4 Å². The lowest BCUT2D eigenvalue weighted by atomic mass is 10.0. The maximum absolute atomic E-state index is 12.4. The molecule has 0 atom stereocenters. The maximum Gasteiger partial charge on any atom is 0.351 e. The van der Waals surface area contributed by atoms with Crippen LogP contribution in [0.3, 0.4) is 0 Å². The summed E-state index contributed by atoms with van der Waals surface area (Å²) >= 11 is 0. The van der Waals surface area contributed by atoms with Crippen LogP contribution in [0, 0.1) is 0 Å². The zero-order chi connectivity index (χ0) is 38.1. The highest BCUT2D eigenvalue weighted by Crippen LogP contribution is 2.38. The number of H-pyrrole nitrogens is 2. The molecule has 0 saturated heterocycles. The predicted molar refractivity (Wildman–Crippen MR) is 197 cm³/mol. The molecule has 0 saturated carbocycles. The van der Waals surface area contributed by atoms with Crippen molar-refractivity contribution >= 4 is 56.8 Å². The number of aliphatic imine (C=N–C) groups is 1. The van der Waals surface area contributed by atoms with Crippen molar-refractivity contribution < 1.29 is 32.5 Å². The van der Waals surface area contributed by atoms with Gasteiger partial charge in [-0.3, -0.25) is 28.8 Å². The van der Waals surface area contributed by atoms with E-state index < -0.39 is 26.6 Å². The number of aromatic hydroxyl groups is 1. The van der Waals surface area contributed by atoms with Crippen LogP contribution >= 0.6 is 0 Å². The minimum atomic E-state index is -4.53. The molecule has 4 heterocycles. The van der Waals surface area contributed by atoms with Gasteiger partial charge in [-0.05, 0) is 42.8 Å². The van der Waals surface area contributed by atoms with E-state index in [0.29, 0.717) is 28.2 Å². The summed E-state index contributed by atoms with van der Waals surface area (Å²) < 4.78 is 32.5. The number of aromatic amines is 2. The monoisotopic (exact) mass is 744 g/mol. The van der Waals surface area contributed by atoms with E-state index in [9.17, 15) is 37.3 Å². The number of aromatic nitrogens is 4. The lowest BCUT2D eigenvalue weighted by Crippen LogP contribution is -2.29. The summed E-state index contributed by atoms with van der Waals surface area (Å²) in [5.41, 5.74) is 3.73. The fraction of sp³-hybridized carbons (Fsp3) is 0.0541. The van der Waals surface area contributed by atoms with E-state index in [1.54, 1.807) is 13.0 Å². The number of para-hydroxylation sites is 1. The van der Waals surface area contributed by atoms with E-state index >= 15 is 0 Å². The summed E-state index contributed by atoms with van der Waals surface area (Å²) in [5, 5.41) is 15.7. The summed E-state index contributed by atoms with van der Waals surface area (Å²) in [6.07, 6.45) is 0. The van der Waals surface area contributed by atoms with E-state index in [0.717, 1.165) is 16.0 Å². The van der Waals surface area contributed by atoms with Gasteiger partial charge in [0, 0.05) is 17.8 Å². The summed E-state index contributed by atoms with van der Waals surface area (Å²) in [5.74, 6) is -1.45. The molecule has 2 aliphatic heterocycles. The maximum atomic E-state index is 12.4. The van der Waals surface area contributed by atoms with Gasteiger partial charge in [0.2, 0.25) is 11.9 Å². The van der Waals surface area contributed by atoms with Gasteiger partial charge in [-0.25, -0.2) is 9.79 Å². The number of fused-ring (bicyclic) bond motifs is 2. The molecule has 17 heteroatoms. The van der Waals surface area contributed by atoms with E-state index in [1.807, 2.05) is 60.7 Å². The first-order valence-electron chi connectivity index (χ1n) is 16.2. The number of rotatable bonds is 8. The smallest absolute Gasteiger partial charge is 0.351 e. The van der Waals surface area contributed by atoms with Crippen molar-refractivity contribution in [2.75, 3.05) is 17.2 Å². The molecule has 2 aliphatic rings. The molecule has 0 unspecified atom stereocenters. The minimum absolute atomic E-state index is 0.0256. The number of carbonyl (C=O) groups excluding carboxylic acids is 3. The Balaban J connectivity index is 0.000000178. The van der Waals surface area contributed by atoms with Crippen molar-refractivity contribution in [3.63, 3.8) is 0 Å². The number of carbonyl (C=O) groups is 3. The van der Waals surface area contributed by atoms with Crippen molar-refractivity contribution in [1.29, 1.82) is 0 Å². The Morgan fingerprint density at radius 2 is 1.39 bits per heavy atom. The molecule has 4 aromatic carbocycles. The first-order valence-corrected chi connectivity index (χ1v) is 17.6. The normalized spacial score (nSPS) is 13.2. The second-order valence-corrected chi connectivity index (χ2v) is 13.1. The van der Waals surface area contributed by atoms with Gasteiger partial charge in [0.05, 0.1) is 39.3 Å². The van der Waals surface area contributed by atoms with Crippen LogP contribution in [-0.2, 0) is 10.1 Å². The zero-order valence-electron chi connectivity index (χ0n) is 28.1. The van der Waals surface area contributed by atoms with Crippen LogP contribution in [0.25, 0.3) is 11.3 Å². The van der Waals surface area contributed by atoms with Crippen LogP contribution in [0.5, 0.6) is 5.88 Å². The SMILES string of the molecule is CCN1C(=O)c2ccc(Nc3nc(Nc4ccccc4S(=O)(=O)O)nc(=O)[nH]3)cc2C1=O.O=C1N=C(c2ccccc2)c2c(O)[nH]c(-c3ccccc3)c21. The first-order chi connectivity index (χ1) is 25.9. The standard InChI is InChI=1S/C19H16N6O6S.C18H12N2O2/c1-2-25-15(26)11-8-7-10(9-12(11)16(25)27)20-17-22-18(24-19(28)23-17)21-13-5-3-4-6-14(13)32(29,30)31;21-17-13-14(16(20-17)12-9-5-2-6-10-12)18(22)19-15(13)11-7-3-1-4-8-11/h3-9H,2H2,1H3,(H,29,30,31)(H3,20,21,22,23,24,28);1-10,19,22H. The van der Waals surface area contributed by atoms with Crippen molar-refractivity contribution in [3.05, 3.63) is 141 Å². The van der Waals surface area contributed by atoms with Gasteiger partial charge in [0.15, 0.2) is 5.88 Å². The Morgan fingerprint density at radius 3 is 2.07 bits per heavy atom. The second kappa shape index (κ2) is 14.1. The van der Waals surface area contributed by atoms with Gasteiger partial charge in [-0.15, -0.1) is 0 Å². The molecule has 54 heavy (non-hydrogen) atoms. The van der Waals surface area contributed by atoms with Gasteiger partial charge < -0.3 is 20.7 Å². The van der Waals surface area contributed by atoms with Gasteiger partial charge in [-0.1, -0.05) is 72.8 Å². The molecule has 0 spiro atoms. The molecular weight excluding hydrogens is 717 g/mol. The van der Waals surface area contributed by atoms with Gasteiger partial charge >= 0.3 is 5.69 Å². The van der Waals surface area contributed by atoms with E-state index in [1.165, 1.54) is 36.4 Å². The molecule has 2 aromatic heterocycles. The van der Waals surface area contributed by atoms with Gasteiger partial charge in [0.1, 0.15) is 4.90 Å². The van der Waals surface area contributed by atoms with Gasteiger partial charge in [0.25, 0.3) is 27.8 Å². The molecule has 3 amide bonds. The number of hydrogen-bond donors (Lipinski definition) is 6. The number of nitrogens with zero attached hydrogens (tertiary/aromatic N) is 4. The number of nitrogens with one attached hydrogen (secondary N) is 4. The molecule has 0 fully saturated rings. The summed E-state index contributed by atoms with van der Waals surface area (Å²) in [4.78, 5) is 66.8. The molecule has 8 rings (SSSR count).